The van der Waals surface area contributed by atoms with E-state index in [1.54, 1.807) is 24.3 Å². The molecule has 1 aromatic heterocycles. The van der Waals surface area contributed by atoms with Gasteiger partial charge in [0.2, 0.25) is 0 Å². The van der Waals surface area contributed by atoms with E-state index >= 15 is 0 Å². The van der Waals surface area contributed by atoms with Crippen molar-refractivity contribution in [2.45, 2.75) is 32.8 Å². The molecule has 8 heteroatoms. The predicted octanol–water partition coefficient (Wildman–Crippen LogP) is 4.25. The molecule has 2 rings (SSSR count). The van der Waals surface area contributed by atoms with Crippen molar-refractivity contribution in [2.75, 3.05) is 12.4 Å². The van der Waals surface area contributed by atoms with Crippen LogP contribution in [0, 0.1) is 6.92 Å². The Balaban J connectivity index is 1.85. The predicted molar refractivity (Wildman–Crippen MR) is 105 cm³/mol. The summed E-state index contributed by atoms with van der Waals surface area (Å²) < 4.78 is 10.8. The van der Waals surface area contributed by atoms with Crippen LogP contribution in [0.5, 0.6) is 5.75 Å². The van der Waals surface area contributed by atoms with Crippen molar-refractivity contribution in [2.24, 2.45) is 0 Å². The van der Waals surface area contributed by atoms with Gasteiger partial charge in [0.1, 0.15) is 5.75 Å². The number of Topliss-reactive ketones (excluding diaryl/α,β-unsaturated/α-hetero) is 1. The van der Waals surface area contributed by atoms with E-state index in [-0.39, 0.29) is 18.6 Å². The molecule has 1 heterocycles. The number of rotatable bonds is 8. The van der Waals surface area contributed by atoms with Gasteiger partial charge in [0, 0.05) is 6.42 Å². The number of halogens is 1. The summed E-state index contributed by atoms with van der Waals surface area (Å²) in [6.45, 7) is 3.35. The average molecular weight is 410 g/mol. The quantitative estimate of drug-likeness (QED) is 0.520. The van der Waals surface area contributed by atoms with Gasteiger partial charge >= 0.3 is 5.97 Å². The summed E-state index contributed by atoms with van der Waals surface area (Å²) >= 11 is 6.95. The zero-order chi connectivity index (χ0) is 20.0. The van der Waals surface area contributed by atoms with Crippen LogP contribution in [0.2, 0.25) is 4.34 Å². The van der Waals surface area contributed by atoms with Crippen LogP contribution < -0.4 is 10.1 Å². The van der Waals surface area contributed by atoms with Crippen LogP contribution in [0.15, 0.2) is 30.3 Å². The number of esters is 1. The van der Waals surface area contributed by atoms with Gasteiger partial charge in [-0.2, -0.15) is 0 Å². The van der Waals surface area contributed by atoms with E-state index in [0.29, 0.717) is 20.7 Å². The number of anilines is 1. The van der Waals surface area contributed by atoms with Crippen LogP contribution in [0.4, 0.5) is 5.69 Å². The highest BCUT2D eigenvalue weighted by Gasteiger charge is 2.20. The lowest BCUT2D eigenvalue weighted by Crippen LogP contribution is -2.30. The molecule has 0 bridgehead atoms. The number of carbonyl (C=O) groups excluding carboxylic acids is 3. The smallest absolute Gasteiger partial charge is 0.307 e. The lowest BCUT2D eigenvalue weighted by molar-refractivity contribution is -0.153. The first kappa shape index (κ1) is 20.9. The largest absolute Gasteiger partial charge is 0.495 e. The molecule has 0 spiro atoms. The number of aryl methyl sites for hydroxylation is 1. The average Bonchev–Trinajstić information content (AvgIpc) is 3.06. The van der Waals surface area contributed by atoms with E-state index in [1.165, 1.54) is 14.0 Å². The maximum absolute atomic E-state index is 12.3. The fraction of sp³-hybridized carbons (Fsp3) is 0.316. The van der Waals surface area contributed by atoms with Crippen molar-refractivity contribution in [3.63, 3.8) is 0 Å². The first-order valence-corrected chi connectivity index (χ1v) is 9.43. The first-order valence-electron chi connectivity index (χ1n) is 8.23. The molecule has 2 aromatic rings. The summed E-state index contributed by atoms with van der Waals surface area (Å²) in [5, 5.41) is 2.68. The molecular weight excluding hydrogens is 390 g/mol. The summed E-state index contributed by atoms with van der Waals surface area (Å²) in [7, 11) is 1.50. The summed E-state index contributed by atoms with van der Waals surface area (Å²) in [4.78, 5) is 36.7. The Labute approximate surface area is 166 Å². The molecule has 1 aromatic carbocycles. The lowest BCUT2D eigenvalue weighted by Gasteiger charge is -2.15. The SMILES string of the molecule is COc1ccc(C)cc1NC(=O)[C@@H](C)OC(=O)CCC(=O)c1ccc(Cl)s1. The molecule has 0 fully saturated rings. The number of nitrogens with one attached hydrogen (secondary N) is 1. The van der Waals surface area contributed by atoms with Crippen LogP contribution in [0.1, 0.15) is 35.0 Å². The number of hydrogen-bond donors (Lipinski definition) is 1. The van der Waals surface area contributed by atoms with Gasteiger partial charge in [0.15, 0.2) is 11.9 Å². The number of ketones is 1. The van der Waals surface area contributed by atoms with Crippen molar-refractivity contribution in [1.82, 2.24) is 0 Å². The summed E-state index contributed by atoms with van der Waals surface area (Å²) in [6.07, 6.45) is -1.12. The summed E-state index contributed by atoms with van der Waals surface area (Å²) in [5.74, 6) is -0.786. The molecule has 0 unspecified atom stereocenters. The van der Waals surface area contributed by atoms with Gasteiger partial charge in [0.05, 0.1) is 28.4 Å². The zero-order valence-corrected chi connectivity index (χ0v) is 16.8. The minimum Gasteiger partial charge on any atom is -0.495 e. The Kier molecular flexibility index (Phi) is 7.38. The number of hydrogen-bond acceptors (Lipinski definition) is 6. The van der Waals surface area contributed by atoms with Crippen molar-refractivity contribution < 1.29 is 23.9 Å². The van der Waals surface area contributed by atoms with Gasteiger partial charge in [-0.3, -0.25) is 14.4 Å². The molecule has 1 amide bonds. The molecule has 0 aliphatic carbocycles. The van der Waals surface area contributed by atoms with Crippen LogP contribution in [0.3, 0.4) is 0 Å². The molecule has 0 saturated carbocycles. The Morgan fingerprint density at radius 1 is 1.19 bits per heavy atom. The monoisotopic (exact) mass is 409 g/mol. The van der Waals surface area contributed by atoms with Crippen molar-refractivity contribution in [3.05, 3.63) is 45.1 Å². The molecule has 0 radical (unpaired) electrons. The maximum atomic E-state index is 12.3. The highest BCUT2D eigenvalue weighted by atomic mass is 35.5. The topological polar surface area (TPSA) is 81.7 Å². The van der Waals surface area contributed by atoms with E-state index in [9.17, 15) is 14.4 Å². The van der Waals surface area contributed by atoms with Crippen molar-refractivity contribution >= 4 is 46.3 Å². The number of carbonyl (C=O) groups is 3. The third kappa shape index (κ3) is 6.08. The summed E-state index contributed by atoms with van der Waals surface area (Å²) in [5.41, 5.74) is 1.44. The van der Waals surface area contributed by atoms with Crippen LogP contribution >= 0.6 is 22.9 Å². The number of ether oxygens (including phenoxy) is 2. The zero-order valence-electron chi connectivity index (χ0n) is 15.2. The summed E-state index contributed by atoms with van der Waals surface area (Å²) in [6, 6.07) is 8.60. The Hall–Kier alpha value is -2.38. The van der Waals surface area contributed by atoms with Crippen LogP contribution in [-0.4, -0.2) is 30.9 Å². The second-order valence-electron chi connectivity index (χ2n) is 5.85. The van der Waals surface area contributed by atoms with E-state index < -0.39 is 18.0 Å². The molecule has 27 heavy (non-hydrogen) atoms. The number of thiophene rings is 1. The van der Waals surface area contributed by atoms with E-state index in [0.717, 1.165) is 16.9 Å². The van der Waals surface area contributed by atoms with Gasteiger partial charge < -0.3 is 14.8 Å². The molecule has 0 aliphatic rings. The van der Waals surface area contributed by atoms with Crippen molar-refractivity contribution in [1.29, 1.82) is 0 Å². The highest BCUT2D eigenvalue weighted by molar-refractivity contribution is 7.18. The Morgan fingerprint density at radius 2 is 1.93 bits per heavy atom. The van der Waals surface area contributed by atoms with E-state index in [1.807, 2.05) is 13.0 Å². The van der Waals surface area contributed by atoms with Crippen LogP contribution in [-0.2, 0) is 14.3 Å². The molecular formula is C19H20ClNO5S. The van der Waals surface area contributed by atoms with Gasteiger partial charge in [-0.05, 0) is 43.7 Å². The molecule has 144 valence electrons. The third-order valence-electron chi connectivity index (χ3n) is 3.69. The second kappa shape index (κ2) is 9.53. The Bertz CT molecular complexity index is 848. The number of amides is 1. The first-order chi connectivity index (χ1) is 12.8. The minimum atomic E-state index is -1.01. The fourth-order valence-corrected chi connectivity index (χ4v) is 3.28. The number of benzene rings is 1. The Morgan fingerprint density at radius 3 is 2.56 bits per heavy atom. The van der Waals surface area contributed by atoms with Gasteiger partial charge in [-0.1, -0.05) is 17.7 Å². The van der Waals surface area contributed by atoms with Crippen molar-refractivity contribution in [3.8, 4) is 5.75 Å². The van der Waals surface area contributed by atoms with E-state index in [4.69, 9.17) is 21.1 Å². The van der Waals surface area contributed by atoms with Crippen LogP contribution in [0.25, 0.3) is 0 Å². The normalized spacial score (nSPS) is 11.6. The fourth-order valence-electron chi connectivity index (χ4n) is 2.27. The molecule has 0 saturated heterocycles. The van der Waals surface area contributed by atoms with Gasteiger partial charge in [-0.15, -0.1) is 11.3 Å². The van der Waals surface area contributed by atoms with Gasteiger partial charge in [-0.25, -0.2) is 0 Å². The van der Waals surface area contributed by atoms with E-state index in [2.05, 4.69) is 5.32 Å². The highest BCUT2D eigenvalue weighted by Crippen LogP contribution is 2.25. The maximum Gasteiger partial charge on any atom is 0.307 e. The minimum absolute atomic E-state index is 0.00425. The molecule has 6 nitrogen and oxygen atoms in total. The number of methoxy groups -OCH3 is 1. The standard InChI is InChI=1S/C19H20ClNO5S/c1-11-4-6-15(25-3)13(10-11)21-19(24)12(2)26-18(23)9-5-14(22)16-7-8-17(20)27-16/h4,6-8,10,12H,5,9H2,1-3H3,(H,21,24)/t12-/m1/s1. The second-order valence-corrected chi connectivity index (χ2v) is 7.57. The molecule has 1 N–H and O–H groups in total. The third-order valence-corrected chi connectivity index (χ3v) is 4.97. The lowest BCUT2D eigenvalue weighted by atomic mass is 10.2. The molecule has 1 atom stereocenters. The van der Waals surface area contributed by atoms with Gasteiger partial charge in [0.25, 0.3) is 5.91 Å². The molecule has 0 aliphatic heterocycles.